The van der Waals surface area contributed by atoms with Crippen LogP contribution in [0.4, 0.5) is 0 Å². The molecule has 0 aromatic heterocycles. The molecule has 1 N–H and O–H groups in total. The number of carboxylic acids is 1. The van der Waals surface area contributed by atoms with Crippen LogP contribution in [0.1, 0.15) is 39.5 Å². The molecule has 2 aliphatic rings. The molecule has 0 radical (unpaired) electrons. The van der Waals surface area contributed by atoms with Gasteiger partial charge in [-0.15, -0.1) is 0 Å². The number of fused-ring (bicyclic) bond motifs is 1. The number of carbonyl (C=O) groups is 1. The van der Waals surface area contributed by atoms with E-state index in [1.54, 1.807) is 0 Å². The summed E-state index contributed by atoms with van der Waals surface area (Å²) >= 11 is 0. The molecule has 0 aliphatic heterocycles. The summed E-state index contributed by atoms with van der Waals surface area (Å²) in [6, 6.07) is 0. The molecule has 0 aromatic rings. The van der Waals surface area contributed by atoms with Crippen LogP contribution < -0.4 is 0 Å². The molecule has 0 bridgehead atoms. The maximum Gasteiger partial charge on any atom is 0.304 e. The minimum atomic E-state index is -0.925. The fourth-order valence-corrected chi connectivity index (χ4v) is 3.95. The van der Waals surface area contributed by atoms with Gasteiger partial charge in [-0.25, -0.2) is 0 Å². The van der Waals surface area contributed by atoms with E-state index < -0.39 is 11.4 Å². The predicted octanol–water partition coefficient (Wildman–Crippen LogP) is 2.74. The van der Waals surface area contributed by atoms with Crippen molar-refractivity contribution in [1.29, 1.82) is 0 Å². The highest BCUT2D eigenvalue weighted by atomic mass is 16.6. The number of nitrogens with zero attached hydrogens (tertiary/aromatic N) is 1. The Morgan fingerprint density at radius 1 is 1.63 bits per heavy atom. The molecule has 19 heavy (non-hydrogen) atoms. The third-order valence-corrected chi connectivity index (χ3v) is 4.44. The van der Waals surface area contributed by atoms with E-state index in [1.807, 2.05) is 0 Å². The summed E-state index contributed by atoms with van der Waals surface area (Å²) in [5.74, 6) is 0.190. The summed E-state index contributed by atoms with van der Waals surface area (Å²) in [4.78, 5) is 21.5. The highest BCUT2D eigenvalue weighted by Gasteiger charge is 2.58. The molecule has 106 valence electrons. The normalized spacial score (nSPS) is 32.7. The molecule has 1 saturated carbocycles. The Labute approximate surface area is 112 Å². The number of nitro groups is 1. The topological polar surface area (TPSA) is 80.4 Å². The van der Waals surface area contributed by atoms with Crippen molar-refractivity contribution in [1.82, 2.24) is 0 Å². The van der Waals surface area contributed by atoms with Gasteiger partial charge >= 0.3 is 5.97 Å². The molecular formula is C14H21NO4. The van der Waals surface area contributed by atoms with E-state index in [4.69, 9.17) is 5.11 Å². The zero-order chi connectivity index (χ0) is 14.2. The Kier molecular flexibility index (Phi) is 3.65. The second-order valence-electron chi connectivity index (χ2n) is 6.54. The van der Waals surface area contributed by atoms with Gasteiger partial charge in [0, 0.05) is 4.92 Å². The minimum Gasteiger partial charge on any atom is -0.481 e. The van der Waals surface area contributed by atoms with E-state index in [-0.39, 0.29) is 23.8 Å². The van der Waals surface area contributed by atoms with Crippen molar-refractivity contribution in [2.24, 2.45) is 23.2 Å². The van der Waals surface area contributed by atoms with Crippen molar-refractivity contribution >= 4 is 5.97 Å². The summed E-state index contributed by atoms with van der Waals surface area (Å²) in [5.41, 5.74) is 0.722. The monoisotopic (exact) mass is 267 g/mol. The van der Waals surface area contributed by atoms with Crippen LogP contribution in [0, 0.1) is 33.3 Å². The number of rotatable bonds is 6. The second kappa shape index (κ2) is 4.94. The molecule has 0 unspecified atom stereocenters. The minimum absolute atomic E-state index is 0.0827. The summed E-state index contributed by atoms with van der Waals surface area (Å²) < 4.78 is 0. The molecule has 5 nitrogen and oxygen atoms in total. The maximum atomic E-state index is 11.0. The summed E-state index contributed by atoms with van der Waals surface area (Å²) in [7, 11) is 0. The van der Waals surface area contributed by atoms with Crippen LogP contribution in [-0.2, 0) is 4.79 Å². The highest BCUT2D eigenvalue weighted by molar-refractivity contribution is 5.68. The average molecular weight is 267 g/mol. The van der Waals surface area contributed by atoms with Gasteiger partial charge in [0.05, 0.1) is 11.8 Å². The van der Waals surface area contributed by atoms with Crippen molar-refractivity contribution in [3.8, 4) is 0 Å². The van der Waals surface area contributed by atoms with E-state index in [2.05, 4.69) is 19.9 Å². The van der Waals surface area contributed by atoms with Gasteiger partial charge in [0.2, 0.25) is 6.54 Å². The molecule has 5 heteroatoms. The SMILES string of the molecule is CC(C)CC1=C[C@H]2[C@H](C1)C[C@]2(CC(=O)O)C[N+](=O)[O-]. The first-order valence-electron chi connectivity index (χ1n) is 6.85. The predicted molar refractivity (Wildman–Crippen MR) is 70.3 cm³/mol. The average Bonchev–Trinajstić information content (AvgIpc) is 2.53. The third kappa shape index (κ3) is 2.80. The van der Waals surface area contributed by atoms with Crippen LogP contribution in [0.5, 0.6) is 0 Å². The van der Waals surface area contributed by atoms with Crippen LogP contribution in [-0.4, -0.2) is 22.5 Å². The maximum absolute atomic E-state index is 11.0. The molecule has 0 amide bonds. The first-order chi connectivity index (χ1) is 8.82. The van der Waals surface area contributed by atoms with Gasteiger partial charge in [-0.2, -0.15) is 0 Å². The van der Waals surface area contributed by atoms with Crippen molar-refractivity contribution in [3.63, 3.8) is 0 Å². The second-order valence-corrected chi connectivity index (χ2v) is 6.54. The lowest BCUT2D eigenvalue weighted by Crippen LogP contribution is -2.50. The van der Waals surface area contributed by atoms with Gasteiger partial charge in [-0.1, -0.05) is 25.5 Å². The van der Waals surface area contributed by atoms with E-state index in [0.29, 0.717) is 18.3 Å². The standard InChI is InChI=1S/C14H21NO4/c1-9(2)3-10-4-11-6-14(7-13(16)17,8-15(18)19)12(11)5-10/h5,9,11-12H,3-4,6-8H2,1-2H3,(H,16,17)/t11-,12+,14+/m1/s1. The zero-order valence-electron chi connectivity index (χ0n) is 11.5. The highest BCUT2D eigenvalue weighted by Crippen LogP contribution is 2.60. The number of aliphatic carboxylic acids is 1. The van der Waals surface area contributed by atoms with Gasteiger partial charge in [0.1, 0.15) is 0 Å². The Balaban J connectivity index is 2.13. The Morgan fingerprint density at radius 2 is 2.32 bits per heavy atom. The lowest BCUT2D eigenvalue weighted by molar-refractivity contribution is -0.505. The van der Waals surface area contributed by atoms with Crippen LogP contribution >= 0.6 is 0 Å². The van der Waals surface area contributed by atoms with Crippen molar-refractivity contribution < 1.29 is 14.8 Å². The smallest absolute Gasteiger partial charge is 0.304 e. The van der Waals surface area contributed by atoms with Gasteiger partial charge in [-0.3, -0.25) is 14.9 Å². The summed E-state index contributed by atoms with van der Waals surface area (Å²) in [6.07, 6.45) is 4.76. The van der Waals surface area contributed by atoms with Crippen LogP contribution in [0.2, 0.25) is 0 Å². The summed E-state index contributed by atoms with van der Waals surface area (Å²) in [6.45, 7) is 4.09. The van der Waals surface area contributed by atoms with Gasteiger partial charge in [0.15, 0.2) is 0 Å². The molecule has 2 rings (SSSR count). The lowest BCUT2D eigenvalue weighted by Gasteiger charge is -2.48. The van der Waals surface area contributed by atoms with Gasteiger partial charge in [0.25, 0.3) is 0 Å². The number of allylic oxidation sites excluding steroid dienone is 2. The molecule has 0 heterocycles. The van der Waals surface area contributed by atoms with E-state index in [0.717, 1.165) is 12.8 Å². The van der Waals surface area contributed by atoms with Gasteiger partial charge in [-0.05, 0) is 37.0 Å². The molecular weight excluding hydrogens is 246 g/mol. The van der Waals surface area contributed by atoms with E-state index in [1.165, 1.54) is 5.57 Å². The first kappa shape index (κ1) is 14.0. The van der Waals surface area contributed by atoms with Crippen LogP contribution in [0.3, 0.4) is 0 Å². The fourth-order valence-electron chi connectivity index (χ4n) is 3.95. The number of carboxylic acid groups (broad SMARTS) is 1. The van der Waals surface area contributed by atoms with Crippen molar-refractivity contribution in [2.75, 3.05) is 6.54 Å². The molecule has 3 atom stereocenters. The molecule has 0 aromatic carbocycles. The fraction of sp³-hybridized carbons (Fsp3) is 0.786. The van der Waals surface area contributed by atoms with Crippen LogP contribution in [0.25, 0.3) is 0 Å². The lowest BCUT2D eigenvalue weighted by atomic mass is 9.53. The van der Waals surface area contributed by atoms with Crippen molar-refractivity contribution in [3.05, 3.63) is 21.8 Å². The molecule has 0 saturated heterocycles. The summed E-state index contributed by atoms with van der Waals surface area (Å²) in [5, 5.41) is 19.8. The number of hydrogen-bond acceptors (Lipinski definition) is 3. The van der Waals surface area contributed by atoms with E-state index in [9.17, 15) is 14.9 Å². The van der Waals surface area contributed by atoms with Crippen molar-refractivity contribution in [2.45, 2.75) is 39.5 Å². The zero-order valence-corrected chi connectivity index (χ0v) is 11.5. The molecule has 2 aliphatic carbocycles. The van der Waals surface area contributed by atoms with E-state index >= 15 is 0 Å². The Bertz CT molecular complexity index is 411. The van der Waals surface area contributed by atoms with Crippen LogP contribution in [0.15, 0.2) is 11.6 Å². The molecule has 1 fully saturated rings. The Morgan fingerprint density at radius 3 is 2.84 bits per heavy atom. The van der Waals surface area contributed by atoms with Gasteiger partial charge < -0.3 is 5.11 Å². The Hall–Kier alpha value is -1.39. The molecule has 0 spiro atoms. The first-order valence-corrected chi connectivity index (χ1v) is 6.85. The quantitative estimate of drug-likeness (QED) is 0.456. The number of hydrogen-bond donors (Lipinski definition) is 1. The third-order valence-electron chi connectivity index (χ3n) is 4.44. The largest absolute Gasteiger partial charge is 0.481 e.